The van der Waals surface area contributed by atoms with Crippen molar-refractivity contribution in [3.8, 4) is 5.75 Å². The first kappa shape index (κ1) is 22.1. The topological polar surface area (TPSA) is 114 Å². The van der Waals surface area contributed by atoms with E-state index in [1.807, 2.05) is 6.92 Å². The SMILES string of the molecule is CCCCCCS(=O)(=O)C(=[N+]=[N-])S(=O)(=O)c1cccc(OC(F)(F)F)c1. The third kappa shape index (κ3) is 6.11. The van der Waals surface area contributed by atoms with Gasteiger partial charge in [0, 0.05) is 0 Å². The van der Waals surface area contributed by atoms with Crippen molar-refractivity contribution in [2.45, 2.75) is 43.9 Å². The highest BCUT2D eigenvalue weighted by Gasteiger charge is 2.42. The monoisotopic (exact) mass is 414 g/mol. The molecule has 0 spiro atoms. The van der Waals surface area contributed by atoms with Crippen molar-refractivity contribution in [2.24, 2.45) is 0 Å². The molecule has 0 aliphatic carbocycles. The molecule has 1 rings (SSSR count). The van der Waals surface area contributed by atoms with E-state index in [2.05, 4.69) is 9.53 Å². The minimum absolute atomic E-state index is 0.155. The number of alkyl halides is 3. The predicted molar refractivity (Wildman–Crippen MR) is 86.9 cm³/mol. The molecule has 1 aromatic carbocycles. The van der Waals surface area contributed by atoms with Crippen LogP contribution in [-0.2, 0) is 19.7 Å². The molecular formula is C14H17F3N2O5S2. The average Bonchev–Trinajstić information content (AvgIpc) is 2.50. The lowest BCUT2D eigenvalue weighted by Gasteiger charge is -2.09. The summed E-state index contributed by atoms with van der Waals surface area (Å²) in [4.78, 5) is 1.59. The van der Waals surface area contributed by atoms with Crippen LogP contribution in [0.5, 0.6) is 5.75 Å². The molecule has 0 bridgehead atoms. The number of nitrogens with zero attached hydrogens (tertiary/aromatic N) is 2. The van der Waals surface area contributed by atoms with Crippen LogP contribution in [0.3, 0.4) is 0 Å². The number of ether oxygens (including phenoxy) is 1. The molecule has 0 N–H and O–H groups in total. The van der Waals surface area contributed by atoms with E-state index in [1.54, 1.807) is 0 Å². The minimum atomic E-state index is -5.05. The van der Waals surface area contributed by atoms with Crippen LogP contribution in [0.15, 0.2) is 29.2 Å². The predicted octanol–water partition coefficient (Wildman–Crippen LogP) is 2.94. The molecule has 0 aromatic heterocycles. The summed E-state index contributed by atoms with van der Waals surface area (Å²) in [6.07, 6.45) is -2.80. The molecule has 0 saturated heterocycles. The van der Waals surface area contributed by atoms with Gasteiger partial charge in [-0.2, -0.15) is 0 Å². The summed E-state index contributed by atoms with van der Waals surface area (Å²) in [6, 6.07) is 3.16. The fourth-order valence-electron chi connectivity index (χ4n) is 2.03. The highest BCUT2D eigenvalue weighted by atomic mass is 32.3. The molecule has 26 heavy (non-hydrogen) atoms. The smallest absolute Gasteiger partial charge is 0.406 e. The molecule has 146 valence electrons. The van der Waals surface area contributed by atoms with Gasteiger partial charge in [-0.15, -0.1) is 18.0 Å². The fraction of sp³-hybridized carbons (Fsp3) is 0.500. The van der Waals surface area contributed by atoms with Crippen molar-refractivity contribution in [3.05, 3.63) is 29.8 Å². The zero-order valence-corrected chi connectivity index (χ0v) is 15.4. The van der Waals surface area contributed by atoms with Crippen LogP contribution in [0.4, 0.5) is 13.2 Å². The first-order chi connectivity index (χ1) is 11.9. The van der Waals surface area contributed by atoms with Gasteiger partial charge in [0.1, 0.15) is 5.75 Å². The normalized spacial score (nSPS) is 12.5. The van der Waals surface area contributed by atoms with Crippen molar-refractivity contribution in [1.29, 1.82) is 0 Å². The van der Waals surface area contributed by atoms with Gasteiger partial charge in [-0.05, 0) is 24.6 Å². The summed E-state index contributed by atoms with van der Waals surface area (Å²) in [5.74, 6) is -1.42. The van der Waals surface area contributed by atoms with Crippen molar-refractivity contribution >= 4 is 24.1 Å². The Hall–Kier alpha value is -1.91. The van der Waals surface area contributed by atoms with E-state index >= 15 is 0 Å². The molecule has 0 radical (unpaired) electrons. The third-order valence-electron chi connectivity index (χ3n) is 3.19. The average molecular weight is 414 g/mol. The van der Waals surface area contributed by atoms with E-state index < -0.39 is 46.8 Å². The van der Waals surface area contributed by atoms with Crippen LogP contribution in [0, 0.1) is 0 Å². The molecule has 0 aliphatic rings. The molecule has 0 saturated carbocycles. The Bertz CT molecular complexity index is 889. The minimum Gasteiger partial charge on any atom is -0.406 e. The Balaban J connectivity index is 3.18. The summed E-state index contributed by atoms with van der Waals surface area (Å²) in [5, 5.41) is 0. The summed E-state index contributed by atoms with van der Waals surface area (Å²) in [5.41, 5.74) is 8.94. The van der Waals surface area contributed by atoms with E-state index in [0.29, 0.717) is 12.5 Å². The lowest BCUT2D eigenvalue weighted by molar-refractivity contribution is -0.274. The zero-order valence-electron chi connectivity index (χ0n) is 13.7. The van der Waals surface area contributed by atoms with Gasteiger partial charge in [-0.25, -0.2) is 16.8 Å². The van der Waals surface area contributed by atoms with E-state index in [0.717, 1.165) is 31.0 Å². The highest BCUT2D eigenvalue weighted by Crippen LogP contribution is 2.26. The molecule has 0 atom stereocenters. The number of benzene rings is 1. The van der Waals surface area contributed by atoms with Crippen LogP contribution in [0.2, 0.25) is 0 Å². The van der Waals surface area contributed by atoms with Gasteiger partial charge in [-0.3, -0.25) is 0 Å². The summed E-state index contributed by atoms with van der Waals surface area (Å²) in [7, 11) is -9.32. The van der Waals surface area contributed by atoms with E-state index in [1.165, 1.54) is 0 Å². The summed E-state index contributed by atoms with van der Waals surface area (Å²) in [6.45, 7) is 1.90. The highest BCUT2D eigenvalue weighted by molar-refractivity contribution is 8.31. The number of sulfone groups is 2. The maximum absolute atomic E-state index is 12.4. The summed E-state index contributed by atoms with van der Waals surface area (Å²) < 4.78 is 88.0. The quantitative estimate of drug-likeness (QED) is 0.224. The Morgan fingerprint density at radius 2 is 1.81 bits per heavy atom. The molecule has 7 nitrogen and oxygen atoms in total. The zero-order chi connectivity index (χ0) is 20.0. The van der Waals surface area contributed by atoms with E-state index in [9.17, 15) is 30.0 Å². The molecule has 0 fully saturated rings. The van der Waals surface area contributed by atoms with Crippen LogP contribution >= 0.6 is 0 Å². The molecule has 0 unspecified atom stereocenters. The van der Waals surface area contributed by atoms with Crippen molar-refractivity contribution < 1.29 is 39.5 Å². The molecule has 0 heterocycles. The third-order valence-corrected chi connectivity index (χ3v) is 7.47. The molecule has 0 aliphatic heterocycles. The van der Waals surface area contributed by atoms with E-state index in [-0.39, 0.29) is 6.42 Å². The number of halogens is 3. The second kappa shape index (κ2) is 8.65. The Morgan fingerprint density at radius 3 is 2.35 bits per heavy atom. The first-order valence-corrected chi connectivity index (χ1v) is 10.6. The van der Waals surface area contributed by atoms with Crippen LogP contribution < -0.4 is 4.74 Å². The fourth-order valence-corrected chi connectivity index (χ4v) is 5.63. The molecule has 0 amide bonds. The number of hydrogen-bond donors (Lipinski definition) is 0. The maximum Gasteiger partial charge on any atom is 0.573 e. The van der Waals surface area contributed by atoms with Gasteiger partial charge in [0.2, 0.25) is 0 Å². The second-order valence-corrected chi connectivity index (χ2v) is 9.42. The standard InChI is InChI=1S/C14H17F3N2O5S2/c1-2-3-4-5-9-25(20,21)13(19-18)26(22,23)12-8-6-7-11(10-12)24-14(15,16)17/h6-8,10H,2-5,9H2,1H3. The van der Waals surface area contributed by atoms with Crippen molar-refractivity contribution in [1.82, 2.24) is 0 Å². The van der Waals surface area contributed by atoms with Gasteiger partial charge in [-0.1, -0.05) is 32.3 Å². The Labute approximate surface area is 149 Å². The first-order valence-electron chi connectivity index (χ1n) is 7.49. The summed E-state index contributed by atoms with van der Waals surface area (Å²) >= 11 is 0. The van der Waals surface area contributed by atoms with Gasteiger partial charge in [0.25, 0.3) is 19.7 Å². The second-order valence-electron chi connectivity index (χ2n) is 5.27. The Kier molecular flexibility index (Phi) is 7.36. The maximum atomic E-state index is 12.4. The molecule has 1 aromatic rings. The lowest BCUT2D eigenvalue weighted by Crippen LogP contribution is -2.28. The van der Waals surface area contributed by atoms with Crippen LogP contribution in [-0.4, -0.2) is 38.1 Å². The van der Waals surface area contributed by atoms with Gasteiger partial charge in [0.15, 0.2) is 0 Å². The van der Waals surface area contributed by atoms with Crippen LogP contribution in [0.1, 0.15) is 32.6 Å². The van der Waals surface area contributed by atoms with E-state index in [4.69, 9.17) is 5.53 Å². The largest absolute Gasteiger partial charge is 0.573 e. The van der Waals surface area contributed by atoms with Gasteiger partial charge in [0.05, 0.1) is 10.6 Å². The number of rotatable bonds is 7. The lowest BCUT2D eigenvalue weighted by atomic mass is 10.2. The van der Waals surface area contributed by atoms with Gasteiger partial charge < -0.3 is 10.3 Å². The van der Waals surface area contributed by atoms with Crippen LogP contribution in [0.25, 0.3) is 5.53 Å². The number of unbranched alkanes of at least 4 members (excludes halogenated alkanes) is 3. The number of hydrogen-bond acceptors (Lipinski definition) is 5. The molecular weight excluding hydrogens is 397 g/mol. The molecule has 12 heteroatoms. The van der Waals surface area contributed by atoms with Crippen molar-refractivity contribution in [2.75, 3.05) is 5.75 Å². The Morgan fingerprint density at radius 1 is 1.15 bits per heavy atom. The van der Waals surface area contributed by atoms with Crippen molar-refractivity contribution in [3.63, 3.8) is 0 Å². The van der Waals surface area contributed by atoms with Gasteiger partial charge >= 0.3 is 10.7 Å².